The van der Waals surface area contributed by atoms with E-state index in [9.17, 15) is 13.2 Å². The number of carbonyl (C=O) groups is 1. The van der Waals surface area contributed by atoms with E-state index in [1.807, 2.05) is 0 Å². The van der Waals surface area contributed by atoms with Crippen molar-refractivity contribution < 1.29 is 13.2 Å². The Hall–Kier alpha value is -2.48. The number of Topliss-reactive ketones (excluding diaryl/α,β-unsaturated/α-hetero) is 1. The molecule has 0 radical (unpaired) electrons. The predicted octanol–water partition coefficient (Wildman–Crippen LogP) is 2.18. The zero-order valence-electron chi connectivity index (χ0n) is 12.2. The average molecular weight is 320 g/mol. The van der Waals surface area contributed by atoms with Gasteiger partial charge < -0.3 is 5.32 Å². The summed E-state index contributed by atoms with van der Waals surface area (Å²) in [6.45, 7) is 3.04. The maximum Gasteiger partial charge on any atom is 0.233 e. The fourth-order valence-electron chi connectivity index (χ4n) is 1.62. The maximum atomic E-state index is 11.4. The molecule has 0 aliphatic heterocycles. The Bertz CT molecular complexity index is 756. The summed E-state index contributed by atoms with van der Waals surface area (Å²) in [5.41, 5.74) is 1.38. The van der Waals surface area contributed by atoms with Crippen LogP contribution < -0.4 is 10.0 Å². The topological polar surface area (TPSA) is 101 Å². The Morgan fingerprint density at radius 1 is 1.05 bits per heavy atom. The maximum absolute atomic E-state index is 11.4. The first-order valence-electron chi connectivity index (χ1n) is 6.62. The second kappa shape index (κ2) is 6.52. The van der Waals surface area contributed by atoms with Crippen LogP contribution in [0.15, 0.2) is 36.4 Å². The van der Waals surface area contributed by atoms with E-state index >= 15 is 0 Å². The van der Waals surface area contributed by atoms with Crippen LogP contribution in [0.1, 0.15) is 24.2 Å². The van der Waals surface area contributed by atoms with Crippen LogP contribution in [-0.4, -0.2) is 30.2 Å². The summed E-state index contributed by atoms with van der Waals surface area (Å²) in [4.78, 5) is 11.2. The van der Waals surface area contributed by atoms with E-state index in [2.05, 4.69) is 20.2 Å². The van der Waals surface area contributed by atoms with Crippen LogP contribution in [0.2, 0.25) is 0 Å². The molecule has 0 bridgehead atoms. The molecule has 0 amide bonds. The van der Waals surface area contributed by atoms with Crippen molar-refractivity contribution in [1.29, 1.82) is 0 Å². The molecule has 116 valence electrons. The lowest BCUT2D eigenvalue weighted by molar-refractivity contribution is 0.101. The predicted molar refractivity (Wildman–Crippen MR) is 84.8 cm³/mol. The van der Waals surface area contributed by atoms with Gasteiger partial charge in [0.2, 0.25) is 10.0 Å². The largest absolute Gasteiger partial charge is 0.339 e. The monoisotopic (exact) mass is 320 g/mol. The van der Waals surface area contributed by atoms with Crippen LogP contribution in [-0.2, 0) is 10.0 Å². The highest BCUT2D eigenvalue weighted by atomic mass is 32.2. The van der Waals surface area contributed by atoms with Crippen LogP contribution in [0.3, 0.4) is 0 Å². The quantitative estimate of drug-likeness (QED) is 0.791. The molecule has 0 unspecified atom stereocenters. The van der Waals surface area contributed by atoms with Crippen molar-refractivity contribution in [3.05, 3.63) is 42.0 Å². The minimum absolute atomic E-state index is 0.00102. The second-order valence-electron chi connectivity index (χ2n) is 4.57. The second-order valence-corrected chi connectivity index (χ2v) is 6.58. The standard InChI is InChI=1S/C14H16N4O3S/c1-3-22(20,21)18-14-9-8-13(16-17-14)15-12-6-4-11(5-7-12)10(2)19/h4-9H,3H2,1-2H3,(H,15,16)(H,17,18). The van der Waals surface area contributed by atoms with Gasteiger partial charge in [-0.25, -0.2) is 8.42 Å². The highest BCUT2D eigenvalue weighted by molar-refractivity contribution is 7.92. The molecule has 0 saturated carbocycles. The van der Waals surface area contributed by atoms with Crippen LogP contribution >= 0.6 is 0 Å². The van der Waals surface area contributed by atoms with Gasteiger partial charge in [-0.05, 0) is 50.2 Å². The van der Waals surface area contributed by atoms with Crippen molar-refractivity contribution in [1.82, 2.24) is 10.2 Å². The number of carbonyl (C=O) groups excluding carboxylic acids is 1. The number of benzene rings is 1. The van der Waals surface area contributed by atoms with E-state index in [4.69, 9.17) is 0 Å². The summed E-state index contributed by atoms with van der Waals surface area (Å²) < 4.78 is 25.1. The van der Waals surface area contributed by atoms with Gasteiger partial charge in [0.15, 0.2) is 17.4 Å². The Balaban J connectivity index is 2.06. The molecule has 0 atom stereocenters. The third-order valence-corrected chi connectivity index (χ3v) is 4.15. The lowest BCUT2D eigenvalue weighted by atomic mass is 10.1. The van der Waals surface area contributed by atoms with Gasteiger partial charge in [0.25, 0.3) is 0 Å². The van der Waals surface area contributed by atoms with Crippen molar-refractivity contribution in [2.45, 2.75) is 13.8 Å². The van der Waals surface area contributed by atoms with E-state index in [-0.39, 0.29) is 17.4 Å². The van der Waals surface area contributed by atoms with E-state index in [1.165, 1.54) is 19.9 Å². The Morgan fingerprint density at radius 3 is 2.14 bits per heavy atom. The molecule has 7 nitrogen and oxygen atoms in total. The molecule has 2 N–H and O–H groups in total. The van der Waals surface area contributed by atoms with E-state index in [0.717, 1.165) is 5.69 Å². The molecule has 2 aromatic rings. The van der Waals surface area contributed by atoms with E-state index in [1.54, 1.807) is 30.3 Å². The third-order valence-electron chi connectivity index (χ3n) is 2.87. The molecule has 22 heavy (non-hydrogen) atoms. The zero-order chi connectivity index (χ0) is 16.2. The fourth-order valence-corrected chi connectivity index (χ4v) is 2.19. The third kappa shape index (κ3) is 4.26. The van der Waals surface area contributed by atoms with Crippen molar-refractivity contribution >= 4 is 33.1 Å². The van der Waals surface area contributed by atoms with Crippen LogP contribution in [0.4, 0.5) is 17.3 Å². The fraction of sp³-hybridized carbons (Fsp3) is 0.214. The highest BCUT2D eigenvalue weighted by Crippen LogP contribution is 2.16. The van der Waals surface area contributed by atoms with Gasteiger partial charge in [-0.3, -0.25) is 9.52 Å². The van der Waals surface area contributed by atoms with Gasteiger partial charge in [-0.2, -0.15) is 0 Å². The molecule has 2 rings (SSSR count). The van der Waals surface area contributed by atoms with Gasteiger partial charge in [-0.1, -0.05) is 0 Å². The van der Waals surface area contributed by atoms with Crippen LogP contribution in [0, 0.1) is 0 Å². The normalized spacial score (nSPS) is 11.0. The van der Waals surface area contributed by atoms with Crippen molar-refractivity contribution in [3.63, 3.8) is 0 Å². The number of rotatable bonds is 6. The van der Waals surface area contributed by atoms with Gasteiger partial charge in [0.05, 0.1) is 5.75 Å². The molecule has 0 aliphatic carbocycles. The van der Waals surface area contributed by atoms with Crippen LogP contribution in [0.5, 0.6) is 0 Å². The van der Waals surface area contributed by atoms with Crippen molar-refractivity contribution in [2.24, 2.45) is 0 Å². The molecule has 0 saturated heterocycles. The Labute approximate surface area is 128 Å². The summed E-state index contributed by atoms with van der Waals surface area (Å²) in [5.74, 6) is 0.602. The Kier molecular flexibility index (Phi) is 4.71. The van der Waals surface area contributed by atoms with Gasteiger partial charge >= 0.3 is 0 Å². The zero-order valence-corrected chi connectivity index (χ0v) is 13.0. The van der Waals surface area contributed by atoms with Crippen molar-refractivity contribution in [3.8, 4) is 0 Å². The van der Waals surface area contributed by atoms with Crippen molar-refractivity contribution in [2.75, 3.05) is 15.8 Å². The molecular weight excluding hydrogens is 304 g/mol. The Morgan fingerprint density at radius 2 is 1.64 bits per heavy atom. The highest BCUT2D eigenvalue weighted by Gasteiger charge is 2.08. The average Bonchev–Trinajstić information content (AvgIpc) is 2.49. The summed E-state index contributed by atoms with van der Waals surface area (Å²) in [5, 5.41) is 10.7. The minimum atomic E-state index is -3.36. The number of ketones is 1. The number of aromatic nitrogens is 2. The summed E-state index contributed by atoms with van der Waals surface area (Å²) in [6, 6.07) is 10.1. The van der Waals surface area contributed by atoms with Crippen LogP contribution in [0.25, 0.3) is 0 Å². The first-order chi connectivity index (χ1) is 10.4. The number of nitrogens with one attached hydrogen (secondary N) is 2. The first kappa shape index (κ1) is 15.9. The smallest absolute Gasteiger partial charge is 0.233 e. The van der Waals surface area contributed by atoms with Gasteiger partial charge in [-0.15, -0.1) is 10.2 Å². The number of nitrogens with zero attached hydrogens (tertiary/aromatic N) is 2. The SMILES string of the molecule is CCS(=O)(=O)Nc1ccc(Nc2ccc(C(C)=O)cc2)nn1. The molecule has 0 fully saturated rings. The summed E-state index contributed by atoms with van der Waals surface area (Å²) >= 11 is 0. The lowest BCUT2D eigenvalue weighted by Crippen LogP contribution is -2.15. The molecule has 0 aliphatic rings. The van der Waals surface area contributed by atoms with Gasteiger partial charge in [0, 0.05) is 11.3 Å². The molecule has 1 heterocycles. The first-order valence-corrected chi connectivity index (χ1v) is 8.27. The summed E-state index contributed by atoms with van der Waals surface area (Å²) in [6.07, 6.45) is 0. The number of sulfonamides is 1. The molecule has 0 spiro atoms. The van der Waals surface area contributed by atoms with Gasteiger partial charge in [0.1, 0.15) is 0 Å². The van der Waals surface area contributed by atoms with E-state index < -0.39 is 10.0 Å². The molecule has 1 aromatic carbocycles. The van der Waals surface area contributed by atoms with E-state index in [0.29, 0.717) is 11.4 Å². The minimum Gasteiger partial charge on any atom is -0.339 e. The number of hydrogen-bond donors (Lipinski definition) is 2. The number of anilines is 3. The number of hydrogen-bond acceptors (Lipinski definition) is 6. The summed E-state index contributed by atoms with van der Waals surface area (Å²) in [7, 11) is -3.36. The molecule has 8 heteroatoms. The lowest BCUT2D eigenvalue weighted by Gasteiger charge is -2.07. The molecular formula is C14H16N4O3S. The molecule has 1 aromatic heterocycles.